The molecule has 12 nitrogen and oxygen atoms in total. The minimum Gasteiger partial charge on any atom is -0.446 e. The van der Waals surface area contributed by atoms with Crippen molar-refractivity contribution >= 4 is 50.9 Å². The van der Waals surface area contributed by atoms with E-state index in [-0.39, 0.29) is 31.1 Å². The first-order valence-electron chi connectivity index (χ1n) is 16.7. The molecule has 0 unspecified atom stereocenters. The molecule has 1 aromatic carbocycles. The number of nitrogens with zero attached hydrogens (tertiary/aromatic N) is 2. The predicted molar refractivity (Wildman–Crippen MR) is 181 cm³/mol. The summed E-state index contributed by atoms with van der Waals surface area (Å²) in [5.74, 6) is -3.55. The van der Waals surface area contributed by atoms with Gasteiger partial charge in [0.15, 0.2) is 0 Å². The Kier molecular flexibility index (Phi) is 9.67. The standard InChI is InChI=1S/C34H43N5O7S2/c1-4-22-19-47-30(35-22)25-13-10-20(2)15-28(25)36-33(43)46-23-16-26-27(17-23)31(41)39(3)14-8-6-5-7-9-21-18-34(21,37-29(26)40)32(42)38-48(44,45)24-11-12-24/h7,9-10,13,15,19,21,23-24,26-27H,4-6,8,11-12,14,16-18H2,1-3H3,(H,36,43)(H,37,40)(H,38,42)/b9-7-/t21-,23+,26+,27+,34+/m0/s1. The van der Waals surface area contributed by atoms with E-state index in [4.69, 9.17) is 4.74 Å². The Morgan fingerprint density at radius 2 is 1.94 bits per heavy atom. The number of anilines is 1. The van der Waals surface area contributed by atoms with E-state index in [0.29, 0.717) is 25.1 Å². The van der Waals surface area contributed by atoms with Crippen molar-refractivity contribution in [3.05, 3.63) is 47.0 Å². The molecule has 3 fully saturated rings. The lowest BCUT2D eigenvalue weighted by Gasteiger charge is -2.26. The molecule has 48 heavy (non-hydrogen) atoms. The van der Waals surface area contributed by atoms with Gasteiger partial charge in [0.25, 0.3) is 5.91 Å². The van der Waals surface area contributed by atoms with Crippen molar-refractivity contribution in [2.45, 2.75) is 88.5 Å². The summed E-state index contributed by atoms with van der Waals surface area (Å²) in [4.78, 5) is 60.7. The van der Waals surface area contributed by atoms with Crippen molar-refractivity contribution in [2.75, 3.05) is 18.9 Å². The fraction of sp³-hybridized carbons (Fsp3) is 0.559. The van der Waals surface area contributed by atoms with E-state index in [9.17, 15) is 27.6 Å². The highest BCUT2D eigenvalue weighted by Crippen LogP contribution is 2.47. The molecule has 2 heterocycles. The van der Waals surface area contributed by atoms with Crippen LogP contribution < -0.4 is 15.4 Å². The fourth-order valence-corrected chi connectivity index (χ4v) is 9.03. The number of allylic oxidation sites excluding steroid dienone is 1. The van der Waals surface area contributed by atoms with E-state index in [2.05, 4.69) is 20.3 Å². The van der Waals surface area contributed by atoms with Gasteiger partial charge in [-0.05, 0) is 82.4 Å². The van der Waals surface area contributed by atoms with E-state index in [1.54, 1.807) is 11.9 Å². The molecule has 4 amide bonds. The summed E-state index contributed by atoms with van der Waals surface area (Å²) in [6, 6.07) is 5.70. The Morgan fingerprint density at radius 1 is 1.17 bits per heavy atom. The summed E-state index contributed by atoms with van der Waals surface area (Å²) in [6.45, 7) is 4.47. The van der Waals surface area contributed by atoms with Crippen molar-refractivity contribution in [3.8, 4) is 10.6 Å². The average Bonchev–Trinajstić information content (AvgIpc) is 3.92. The second-order valence-electron chi connectivity index (χ2n) is 13.5. The topological polar surface area (TPSA) is 164 Å². The van der Waals surface area contributed by atoms with Crippen LogP contribution in [0.2, 0.25) is 0 Å². The third-order valence-electron chi connectivity index (χ3n) is 9.83. The van der Waals surface area contributed by atoms with Crippen molar-refractivity contribution in [1.29, 1.82) is 0 Å². The number of nitrogens with one attached hydrogen (secondary N) is 3. The van der Waals surface area contributed by atoms with Crippen LogP contribution in [-0.4, -0.2) is 72.6 Å². The van der Waals surface area contributed by atoms with Crippen LogP contribution in [0.4, 0.5) is 10.5 Å². The normalized spacial score (nSPS) is 28.4. The van der Waals surface area contributed by atoms with Gasteiger partial charge in [-0.2, -0.15) is 0 Å². The summed E-state index contributed by atoms with van der Waals surface area (Å²) in [5, 5.41) is 7.88. The number of sulfonamides is 1. The maximum Gasteiger partial charge on any atom is 0.411 e. The number of carbonyl (C=O) groups is 4. The molecule has 14 heteroatoms. The molecule has 3 N–H and O–H groups in total. The lowest BCUT2D eigenvalue weighted by atomic mass is 9.93. The van der Waals surface area contributed by atoms with Gasteiger partial charge < -0.3 is 15.0 Å². The molecular formula is C34H43N5O7S2. The molecule has 1 aromatic heterocycles. The minimum atomic E-state index is -3.83. The van der Waals surface area contributed by atoms with Gasteiger partial charge in [0.1, 0.15) is 16.7 Å². The first-order valence-corrected chi connectivity index (χ1v) is 19.2. The number of amides is 4. The third kappa shape index (κ3) is 7.29. The van der Waals surface area contributed by atoms with Crippen LogP contribution in [0.5, 0.6) is 0 Å². The molecule has 0 spiro atoms. The average molecular weight is 698 g/mol. The number of benzene rings is 1. The highest BCUT2D eigenvalue weighted by atomic mass is 32.2. The summed E-state index contributed by atoms with van der Waals surface area (Å²) in [7, 11) is -2.13. The van der Waals surface area contributed by atoms with Gasteiger partial charge in [0.05, 0.1) is 28.5 Å². The SMILES string of the molecule is CCc1csc(-c2ccc(C)cc2NC(=O)O[C@@H]2C[C@H]3C(=O)N[C@]4(C(=O)NS(=O)(=O)C5CC5)C[C@@H]4/C=C\CCCCN(C)C(=O)[C@@H]3C2)n1. The summed E-state index contributed by atoms with van der Waals surface area (Å²) < 4.78 is 33.4. The number of fused-ring (bicyclic) bond motifs is 2. The van der Waals surface area contributed by atoms with Crippen LogP contribution in [0.3, 0.4) is 0 Å². The largest absolute Gasteiger partial charge is 0.446 e. The molecule has 4 aliphatic rings. The Hall–Kier alpha value is -3.78. The Labute approximate surface area is 285 Å². The molecule has 3 aliphatic carbocycles. The number of aromatic nitrogens is 1. The molecule has 6 rings (SSSR count). The molecule has 0 bridgehead atoms. The van der Waals surface area contributed by atoms with E-state index in [1.807, 2.05) is 49.6 Å². The van der Waals surface area contributed by atoms with Crippen LogP contribution in [-0.2, 0) is 35.6 Å². The summed E-state index contributed by atoms with van der Waals surface area (Å²) in [5.41, 5.74) is 1.78. The van der Waals surface area contributed by atoms with Crippen molar-refractivity contribution in [2.24, 2.45) is 17.8 Å². The molecule has 1 aliphatic heterocycles. The lowest BCUT2D eigenvalue weighted by molar-refractivity contribution is -0.140. The predicted octanol–water partition coefficient (Wildman–Crippen LogP) is 4.31. The van der Waals surface area contributed by atoms with E-state index in [0.717, 1.165) is 47.5 Å². The van der Waals surface area contributed by atoms with Crippen molar-refractivity contribution in [3.63, 3.8) is 0 Å². The molecule has 2 aromatic rings. The van der Waals surface area contributed by atoms with Gasteiger partial charge in [-0.1, -0.05) is 25.1 Å². The maximum absolute atomic E-state index is 14.0. The zero-order valence-electron chi connectivity index (χ0n) is 27.5. The van der Waals surface area contributed by atoms with E-state index in [1.165, 1.54) is 11.3 Å². The number of thiazole rings is 1. The molecular weight excluding hydrogens is 655 g/mol. The zero-order chi connectivity index (χ0) is 34.2. The lowest BCUT2D eigenvalue weighted by Crippen LogP contribution is -2.54. The molecule has 5 atom stereocenters. The van der Waals surface area contributed by atoms with Gasteiger partial charge in [0, 0.05) is 30.5 Å². The van der Waals surface area contributed by atoms with Crippen LogP contribution in [0.15, 0.2) is 35.7 Å². The Morgan fingerprint density at radius 3 is 2.67 bits per heavy atom. The Balaban J connectivity index is 1.20. The van der Waals surface area contributed by atoms with Crippen LogP contribution in [0, 0.1) is 24.7 Å². The van der Waals surface area contributed by atoms with Gasteiger partial charge >= 0.3 is 6.09 Å². The molecule has 258 valence electrons. The van der Waals surface area contributed by atoms with Crippen molar-refractivity contribution in [1.82, 2.24) is 19.9 Å². The smallest absolute Gasteiger partial charge is 0.411 e. The first-order chi connectivity index (χ1) is 22.9. The maximum atomic E-state index is 14.0. The van der Waals surface area contributed by atoms with Gasteiger partial charge in [-0.25, -0.2) is 18.2 Å². The van der Waals surface area contributed by atoms with Gasteiger partial charge in [-0.15, -0.1) is 11.3 Å². The number of hydrogen-bond donors (Lipinski definition) is 3. The number of aryl methyl sites for hydroxylation is 2. The Bertz CT molecular complexity index is 1740. The van der Waals surface area contributed by atoms with Crippen LogP contribution in [0.25, 0.3) is 10.6 Å². The number of rotatable bonds is 7. The van der Waals surface area contributed by atoms with Gasteiger partial charge in [0.2, 0.25) is 21.8 Å². The molecule has 0 saturated heterocycles. The quantitative estimate of drug-likeness (QED) is 0.361. The van der Waals surface area contributed by atoms with E-state index >= 15 is 0 Å². The highest BCUT2D eigenvalue weighted by molar-refractivity contribution is 7.91. The number of hydrogen-bond acceptors (Lipinski definition) is 9. The number of ether oxygens (including phenoxy) is 1. The van der Waals surface area contributed by atoms with Gasteiger partial charge in [-0.3, -0.25) is 24.4 Å². The molecule has 0 radical (unpaired) electrons. The number of carbonyl (C=O) groups excluding carboxylic acids is 4. The minimum absolute atomic E-state index is 0.0785. The molecule has 3 saturated carbocycles. The second kappa shape index (κ2) is 13.6. The monoisotopic (exact) mass is 697 g/mol. The fourth-order valence-electron chi connectivity index (χ4n) is 6.72. The zero-order valence-corrected chi connectivity index (χ0v) is 29.1. The van der Waals surface area contributed by atoms with Crippen LogP contribution >= 0.6 is 11.3 Å². The van der Waals surface area contributed by atoms with Crippen molar-refractivity contribution < 1.29 is 32.3 Å². The third-order valence-corrected chi connectivity index (χ3v) is 12.6. The van der Waals surface area contributed by atoms with E-state index < -0.39 is 56.7 Å². The summed E-state index contributed by atoms with van der Waals surface area (Å²) in [6.07, 6.45) is 6.94. The highest BCUT2D eigenvalue weighted by Gasteiger charge is 2.62. The van der Waals surface area contributed by atoms with Crippen LogP contribution in [0.1, 0.15) is 69.5 Å². The first kappa shape index (κ1) is 34.1. The second-order valence-corrected chi connectivity index (χ2v) is 16.3. The summed E-state index contributed by atoms with van der Waals surface area (Å²) >= 11 is 1.49.